The molecule has 2 aromatic carbocycles. The van der Waals surface area contributed by atoms with Gasteiger partial charge in [-0.15, -0.1) is 0 Å². The van der Waals surface area contributed by atoms with Crippen LogP contribution in [0, 0.1) is 0 Å². The third kappa shape index (κ3) is 3.28. The van der Waals surface area contributed by atoms with Crippen LogP contribution in [0.2, 0.25) is 5.02 Å². The number of para-hydroxylation sites is 1. The van der Waals surface area contributed by atoms with Crippen LogP contribution < -0.4 is 9.47 Å². The molecule has 0 amide bonds. The second kappa shape index (κ2) is 6.12. The van der Waals surface area contributed by atoms with Gasteiger partial charge in [0, 0.05) is 6.07 Å². The highest BCUT2D eigenvalue weighted by Crippen LogP contribution is 2.31. The van der Waals surface area contributed by atoms with Crippen molar-refractivity contribution < 1.29 is 9.47 Å². The molecule has 0 bridgehead atoms. The van der Waals surface area contributed by atoms with Gasteiger partial charge in [-0.05, 0) is 24.3 Å². The van der Waals surface area contributed by atoms with Gasteiger partial charge in [-0.1, -0.05) is 42.5 Å². The fraction of sp³-hybridized carbons (Fsp3) is 0.0667. The van der Waals surface area contributed by atoms with E-state index >= 15 is 0 Å². The highest BCUT2D eigenvalue weighted by Gasteiger charge is 2.04. The number of halogens is 1. The molecule has 0 aliphatic rings. The highest BCUT2D eigenvalue weighted by atomic mass is 35.5. The third-order valence-corrected chi connectivity index (χ3v) is 2.53. The molecular formula is C15H13ClO2. The largest absolute Gasteiger partial charge is 0.488 e. The summed E-state index contributed by atoms with van der Waals surface area (Å²) in [5.74, 6) is 2.07. The van der Waals surface area contributed by atoms with Gasteiger partial charge < -0.3 is 9.47 Å². The standard InChI is InChI=1S/C15H13ClO2/c1-2-10-17-15-9-8-13(11-14(15)16)18-12-6-4-3-5-7-12/h2-9,11H,1,10H2. The Bertz CT molecular complexity index is 523. The van der Waals surface area contributed by atoms with Crippen molar-refractivity contribution in [1.82, 2.24) is 0 Å². The fourth-order valence-corrected chi connectivity index (χ4v) is 1.66. The summed E-state index contributed by atoms with van der Waals surface area (Å²) in [5, 5.41) is 0.519. The number of rotatable bonds is 5. The van der Waals surface area contributed by atoms with E-state index < -0.39 is 0 Å². The molecule has 18 heavy (non-hydrogen) atoms. The van der Waals surface area contributed by atoms with Gasteiger partial charge >= 0.3 is 0 Å². The van der Waals surface area contributed by atoms with Crippen molar-refractivity contribution in [2.45, 2.75) is 0 Å². The van der Waals surface area contributed by atoms with Crippen molar-refractivity contribution in [3.8, 4) is 17.2 Å². The summed E-state index contributed by atoms with van der Waals surface area (Å²) in [6, 6.07) is 14.9. The summed E-state index contributed by atoms with van der Waals surface area (Å²) in [6.45, 7) is 4.02. The number of hydrogen-bond acceptors (Lipinski definition) is 2. The van der Waals surface area contributed by atoms with Crippen LogP contribution >= 0.6 is 11.6 Å². The minimum Gasteiger partial charge on any atom is -0.488 e. The lowest BCUT2D eigenvalue weighted by Gasteiger charge is -2.09. The zero-order valence-corrected chi connectivity index (χ0v) is 10.6. The highest BCUT2D eigenvalue weighted by molar-refractivity contribution is 6.32. The predicted molar refractivity (Wildman–Crippen MR) is 73.7 cm³/mol. The van der Waals surface area contributed by atoms with E-state index in [1.807, 2.05) is 36.4 Å². The van der Waals surface area contributed by atoms with Crippen LogP contribution in [0.15, 0.2) is 61.2 Å². The molecule has 0 atom stereocenters. The van der Waals surface area contributed by atoms with Gasteiger partial charge in [0.2, 0.25) is 0 Å². The van der Waals surface area contributed by atoms with Gasteiger partial charge in [0.15, 0.2) is 0 Å². The Morgan fingerprint density at radius 1 is 1.06 bits per heavy atom. The van der Waals surface area contributed by atoms with Crippen molar-refractivity contribution in [3.63, 3.8) is 0 Å². The molecule has 92 valence electrons. The van der Waals surface area contributed by atoms with Gasteiger partial charge in [-0.25, -0.2) is 0 Å². The van der Waals surface area contributed by atoms with Crippen LogP contribution in [0.25, 0.3) is 0 Å². The first-order chi connectivity index (χ1) is 8.79. The maximum Gasteiger partial charge on any atom is 0.138 e. The van der Waals surface area contributed by atoms with E-state index in [1.54, 1.807) is 18.2 Å². The number of benzene rings is 2. The van der Waals surface area contributed by atoms with E-state index in [0.717, 1.165) is 5.75 Å². The number of hydrogen-bond donors (Lipinski definition) is 0. The molecule has 3 heteroatoms. The molecule has 0 saturated carbocycles. The Balaban J connectivity index is 2.11. The van der Waals surface area contributed by atoms with Crippen molar-refractivity contribution >= 4 is 11.6 Å². The molecule has 0 aliphatic carbocycles. The van der Waals surface area contributed by atoms with E-state index in [-0.39, 0.29) is 0 Å². The molecule has 0 radical (unpaired) electrons. The Kier molecular flexibility index (Phi) is 4.26. The van der Waals surface area contributed by atoms with E-state index in [4.69, 9.17) is 21.1 Å². The average Bonchev–Trinajstić information content (AvgIpc) is 2.39. The van der Waals surface area contributed by atoms with Gasteiger partial charge in [-0.3, -0.25) is 0 Å². The van der Waals surface area contributed by atoms with Gasteiger partial charge in [0.05, 0.1) is 5.02 Å². The summed E-state index contributed by atoms with van der Waals surface area (Å²) >= 11 is 6.09. The topological polar surface area (TPSA) is 18.5 Å². The first kappa shape index (κ1) is 12.5. The van der Waals surface area contributed by atoms with Crippen LogP contribution in [-0.4, -0.2) is 6.61 Å². The molecule has 0 aliphatic heterocycles. The predicted octanol–water partition coefficient (Wildman–Crippen LogP) is 4.70. The molecule has 2 nitrogen and oxygen atoms in total. The Morgan fingerprint density at radius 2 is 1.83 bits per heavy atom. The number of ether oxygens (including phenoxy) is 2. The summed E-state index contributed by atoms with van der Waals surface area (Å²) < 4.78 is 11.0. The molecular weight excluding hydrogens is 248 g/mol. The second-order valence-electron chi connectivity index (χ2n) is 3.61. The molecule has 0 fully saturated rings. The summed E-state index contributed by atoms with van der Waals surface area (Å²) in [4.78, 5) is 0. The lowest BCUT2D eigenvalue weighted by Crippen LogP contribution is -1.93. The molecule has 0 N–H and O–H groups in total. The van der Waals surface area contributed by atoms with E-state index in [2.05, 4.69) is 6.58 Å². The normalized spacial score (nSPS) is 9.83. The third-order valence-electron chi connectivity index (χ3n) is 2.24. The van der Waals surface area contributed by atoms with Crippen LogP contribution in [-0.2, 0) is 0 Å². The summed E-state index contributed by atoms with van der Waals surface area (Å²) in [6.07, 6.45) is 1.67. The van der Waals surface area contributed by atoms with E-state index in [0.29, 0.717) is 23.1 Å². The first-order valence-corrected chi connectivity index (χ1v) is 5.93. The first-order valence-electron chi connectivity index (χ1n) is 5.56. The van der Waals surface area contributed by atoms with Gasteiger partial charge in [0.1, 0.15) is 23.9 Å². The van der Waals surface area contributed by atoms with Crippen molar-refractivity contribution in [3.05, 3.63) is 66.2 Å². The maximum atomic E-state index is 6.09. The van der Waals surface area contributed by atoms with Crippen LogP contribution in [0.5, 0.6) is 17.2 Å². The molecule has 2 rings (SSSR count). The van der Waals surface area contributed by atoms with Crippen LogP contribution in [0.1, 0.15) is 0 Å². The molecule has 0 unspecified atom stereocenters. The maximum absolute atomic E-state index is 6.09. The minimum atomic E-state index is 0.429. The fourth-order valence-electron chi connectivity index (χ4n) is 1.44. The Hall–Kier alpha value is -1.93. The zero-order valence-electron chi connectivity index (χ0n) is 9.80. The van der Waals surface area contributed by atoms with Crippen molar-refractivity contribution in [1.29, 1.82) is 0 Å². The monoisotopic (exact) mass is 260 g/mol. The zero-order chi connectivity index (χ0) is 12.8. The van der Waals surface area contributed by atoms with Gasteiger partial charge in [-0.2, -0.15) is 0 Å². The quantitative estimate of drug-likeness (QED) is 0.726. The Morgan fingerprint density at radius 3 is 2.50 bits per heavy atom. The van der Waals surface area contributed by atoms with Crippen LogP contribution in [0.3, 0.4) is 0 Å². The Labute approximate surface area is 111 Å². The average molecular weight is 261 g/mol. The molecule has 0 heterocycles. The lowest BCUT2D eigenvalue weighted by molar-refractivity contribution is 0.362. The SMILES string of the molecule is C=CCOc1ccc(Oc2ccccc2)cc1Cl. The summed E-state index contributed by atoms with van der Waals surface area (Å²) in [5.41, 5.74) is 0. The van der Waals surface area contributed by atoms with Gasteiger partial charge in [0.25, 0.3) is 0 Å². The van der Waals surface area contributed by atoms with Crippen molar-refractivity contribution in [2.24, 2.45) is 0 Å². The second-order valence-corrected chi connectivity index (χ2v) is 4.01. The molecule has 0 spiro atoms. The smallest absolute Gasteiger partial charge is 0.138 e. The molecule has 2 aromatic rings. The van der Waals surface area contributed by atoms with E-state index in [1.165, 1.54) is 0 Å². The lowest BCUT2D eigenvalue weighted by atomic mass is 10.3. The van der Waals surface area contributed by atoms with E-state index in [9.17, 15) is 0 Å². The molecule has 0 aromatic heterocycles. The molecule has 0 saturated heterocycles. The van der Waals surface area contributed by atoms with Crippen molar-refractivity contribution in [2.75, 3.05) is 6.61 Å². The minimum absolute atomic E-state index is 0.429. The summed E-state index contributed by atoms with van der Waals surface area (Å²) in [7, 11) is 0. The van der Waals surface area contributed by atoms with Crippen LogP contribution in [0.4, 0.5) is 0 Å².